The van der Waals surface area contributed by atoms with Crippen molar-refractivity contribution in [1.29, 1.82) is 0 Å². The first-order valence-corrected chi connectivity index (χ1v) is 6.07. The minimum absolute atomic E-state index is 0.0226. The van der Waals surface area contributed by atoms with E-state index in [0.717, 1.165) is 0 Å². The Labute approximate surface area is 105 Å². The van der Waals surface area contributed by atoms with E-state index in [-0.39, 0.29) is 29.9 Å². The first kappa shape index (κ1) is 12.7. The molecule has 1 atom stereocenters. The van der Waals surface area contributed by atoms with Gasteiger partial charge in [-0.25, -0.2) is 4.39 Å². The maximum Gasteiger partial charge on any atom is 0.306 e. The SMILES string of the molecule is CCOC(=O)CC1CC(=O)c2ccc(F)cc2C1. The third-order valence-electron chi connectivity index (χ3n) is 3.11. The van der Waals surface area contributed by atoms with Crippen molar-refractivity contribution in [2.45, 2.75) is 26.2 Å². The van der Waals surface area contributed by atoms with Gasteiger partial charge >= 0.3 is 5.97 Å². The zero-order valence-corrected chi connectivity index (χ0v) is 10.2. The molecule has 1 aliphatic rings. The molecule has 0 saturated heterocycles. The number of fused-ring (bicyclic) bond motifs is 1. The normalized spacial score (nSPS) is 18.3. The van der Waals surface area contributed by atoms with Gasteiger partial charge in [0.05, 0.1) is 6.61 Å². The Bertz CT molecular complexity index is 482. The Balaban J connectivity index is 2.12. The molecule has 0 aromatic heterocycles. The summed E-state index contributed by atoms with van der Waals surface area (Å²) in [6.45, 7) is 2.08. The van der Waals surface area contributed by atoms with E-state index < -0.39 is 0 Å². The lowest BCUT2D eigenvalue weighted by Gasteiger charge is -2.22. The molecule has 2 rings (SSSR count). The van der Waals surface area contributed by atoms with E-state index in [1.54, 1.807) is 6.92 Å². The molecular weight excluding hydrogens is 235 g/mol. The Morgan fingerprint density at radius 2 is 2.22 bits per heavy atom. The molecule has 1 aromatic carbocycles. The lowest BCUT2D eigenvalue weighted by Crippen LogP contribution is -2.23. The highest BCUT2D eigenvalue weighted by molar-refractivity contribution is 5.98. The average molecular weight is 250 g/mol. The van der Waals surface area contributed by atoms with Crippen molar-refractivity contribution in [3.05, 3.63) is 35.1 Å². The molecule has 0 heterocycles. The summed E-state index contributed by atoms with van der Waals surface area (Å²) in [5, 5.41) is 0. The van der Waals surface area contributed by atoms with Crippen LogP contribution in [0.2, 0.25) is 0 Å². The lowest BCUT2D eigenvalue weighted by atomic mass is 9.81. The number of carbonyl (C=O) groups excluding carboxylic acids is 2. The first-order valence-electron chi connectivity index (χ1n) is 6.07. The minimum Gasteiger partial charge on any atom is -0.466 e. The van der Waals surface area contributed by atoms with Crippen LogP contribution in [-0.4, -0.2) is 18.4 Å². The fraction of sp³-hybridized carbons (Fsp3) is 0.429. The molecule has 3 nitrogen and oxygen atoms in total. The van der Waals surface area contributed by atoms with Crippen LogP contribution in [0.5, 0.6) is 0 Å². The van der Waals surface area contributed by atoms with Crippen LogP contribution in [0.3, 0.4) is 0 Å². The summed E-state index contributed by atoms with van der Waals surface area (Å²) < 4.78 is 18.0. The van der Waals surface area contributed by atoms with Gasteiger partial charge in [-0.05, 0) is 43.0 Å². The van der Waals surface area contributed by atoms with Crippen molar-refractivity contribution >= 4 is 11.8 Å². The summed E-state index contributed by atoms with van der Waals surface area (Å²) in [5.41, 5.74) is 1.28. The number of halogens is 1. The molecule has 0 spiro atoms. The van der Waals surface area contributed by atoms with Crippen LogP contribution < -0.4 is 0 Å². The number of esters is 1. The summed E-state index contributed by atoms with van der Waals surface area (Å²) in [4.78, 5) is 23.3. The van der Waals surface area contributed by atoms with Crippen LogP contribution >= 0.6 is 0 Å². The van der Waals surface area contributed by atoms with Gasteiger partial charge in [0, 0.05) is 18.4 Å². The topological polar surface area (TPSA) is 43.4 Å². The molecule has 0 radical (unpaired) electrons. The summed E-state index contributed by atoms with van der Waals surface area (Å²) in [6, 6.07) is 4.19. The molecule has 4 heteroatoms. The second-order valence-corrected chi connectivity index (χ2v) is 4.51. The number of Topliss-reactive ketones (excluding diaryl/α,β-unsaturated/α-hetero) is 1. The van der Waals surface area contributed by atoms with Crippen molar-refractivity contribution in [1.82, 2.24) is 0 Å². The highest BCUT2D eigenvalue weighted by atomic mass is 19.1. The van der Waals surface area contributed by atoms with Gasteiger partial charge in [0.1, 0.15) is 5.82 Å². The fourth-order valence-corrected chi connectivity index (χ4v) is 2.36. The van der Waals surface area contributed by atoms with Crippen molar-refractivity contribution in [3.8, 4) is 0 Å². The quantitative estimate of drug-likeness (QED) is 0.774. The van der Waals surface area contributed by atoms with Crippen molar-refractivity contribution < 1.29 is 18.7 Å². The molecule has 0 fully saturated rings. The summed E-state index contributed by atoms with van der Waals surface area (Å²) >= 11 is 0. The van der Waals surface area contributed by atoms with Crippen LogP contribution in [0.4, 0.5) is 4.39 Å². The number of carbonyl (C=O) groups is 2. The van der Waals surface area contributed by atoms with Gasteiger partial charge in [0.15, 0.2) is 5.78 Å². The van der Waals surface area contributed by atoms with Gasteiger partial charge < -0.3 is 4.74 Å². The molecule has 1 unspecified atom stereocenters. The average Bonchev–Trinajstić information content (AvgIpc) is 2.28. The minimum atomic E-state index is -0.349. The van der Waals surface area contributed by atoms with Crippen LogP contribution in [0.25, 0.3) is 0 Å². The highest BCUT2D eigenvalue weighted by Gasteiger charge is 2.27. The maximum absolute atomic E-state index is 13.1. The second kappa shape index (κ2) is 5.29. The van der Waals surface area contributed by atoms with Gasteiger partial charge in [-0.1, -0.05) is 0 Å². The fourth-order valence-electron chi connectivity index (χ4n) is 2.36. The number of hydrogen-bond acceptors (Lipinski definition) is 3. The van der Waals surface area contributed by atoms with Gasteiger partial charge in [-0.15, -0.1) is 0 Å². The third kappa shape index (κ3) is 2.75. The van der Waals surface area contributed by atoms with E-state index in [9.17, 15) is 14.0 Å². The van der Waals surface area contributed by atoms with E-state index >= 15 is 0 Å². The third-order valence-corrected chi connectivity index (χ3v) is 3.11. The molecule has 96 valence electrons. The van der Waals surface area contributed by atoms with Crippen molar-refractivity contribution in [3.63, 3.8) is 0 Å². The molecular formula is C14H15FO3. The van der Waals surface area contributed by atoms with E-state index in [2.05, 4.69) is 0 Å². The summed E-state index contributed by atoms with van der Waals surface area (Å²) in [7, 11) is 0. The van der Waals surface area contributed by atoms with Gasteiger partial charge in [-0.2, -0.15) is 0 Å². The van der Waals surface area contributed by atoms with Crippen LogP contribution in [0.15, 0.2) is 18.2 Å². The molecule has 18 heavy (non-hydrogen) atoms. The second-order valence-electron chi connectivity index (χ2n) is 4.51. The van der Waals surface area contributed by atoms with Crippen molar-refractivity contribution in [2.24, 2.45) is 5.92 Å². The van der Waals surface area contributed by atoms with Crippen LogP contribution in [-0.2, 0) is 16.0 Å². The molecule has 0 amide bonds. The predicted octanol–water partition coefficient (Wildman–Crippen LogP) is 2.52. The standard InChI is InChI=1S/C14H15FO3/c1-2-18-14(17)7-9-5-10-8-11(15)3-4-12(10)13(16)6-9/h3-4,8-9H,2,5-7H2,1H3. The van der Waals surface area contributed by atoms with Crippen molar-refractivity contribution in [2.75, 3.05) is 6.61 Å². The molecule has 0 aliphatic heterocycles. The monoisotopic (exact) mass is 250 g/mol. The van der Waals surface area contributed by atoms with E-state index in [1.165, 1.54) is 18.2 Å². The first-order chi connectivity index (χ1) is 8.60. The number of ketones is 1. The van der Waals surface area contributed by atoms with E-state index in [1.807, 2.05) is 0 Å². The smallest absolute Gasteiger partial charge is 0.306 e. The Kier molecular flexibility index (Phi) is 3.75. The number of hydrogen-bond donors (Lipinski definition) is 0. The van der Waals surface area contributed by atoms with Gasteiger partial charge in [0.25, 0.3) is 0 Å². The largest absolute Gasteiger partial charge is 0.466 e. The molecule has 0 saturated carbocycles. The highest BCUT2D eigenvalue weighted by Crippen LogP contribution is 2.28. The van der Waals surface area contributed by atoms with Gasteiger partial charge in [-0.3, -0.25) is 9.59 Å². The van der Waals surface area contributed by atoms with E-state index in [4.69, 9.17) is 4.74 Å². The molecule has 1 aliphatic carbocycles. The summed E-state index contributed by atoms with van der Waals surface area (Å²) in [5.74, 6) is -0.745. The predicted molar refractivity (Wildman–Crippen MR) is 63.8 cm³/mol. The zero-order valence-electron chi connectivity index (χ0n) is 10.2. The zero-order chi connectivity index (χ0) is 13.1. The van der Waals surface area contributed by atoms with Crippen LogP contribution in [0.1, 0.15) is 35.7 Å². The molecule has 0 N–H and O–H groups in total. The Morgan fingerprint density at radius 1 is 1.44 bits per heavy atom. The maximum atomic E-state index is 13.1. The number of rotatable bonds is 3. The number of ether oxygens (including phenoxy) is 1. The van der Waals surface area contributed by atoms with Crippen LogP contribution in [0, 0.1) is 11.7 Å². The van der Waals surface area contributed by atoms with E-state index in [0.29, 0.717) is 30.6 Å². The number of benzene rings is 1. The summed E-state index contributed by atoms with van der Waals surface area (Å²) in [6.07, 6.45) is 1.10. The van der Waals surface area contributed by atoms with Gasteiger partial charge in [0.2, 0.25) is 0 Å². The Hall–Kier alpha value is -1.71. The molecule has 1 aromatic rings. The lowest BCUT2D eigenvalue weighted by molar-refractivity contribution is -0.144. The molecule has 0 bridgehead atoms. The Morgan fingerprint density at radius 3 is 2.94 bits per heavy atom.